The lowest BCUT2D eigenvalue weighted by atomic mass is 10.2. The monoisotopic (exact) mass is 228 g/mol. The average Bonchev–Trinajstić information content (AvgIpc) is 2.62. The van der Waals surface area contributed by atoms with Gasteiger partial charge in [-0.15, -0.1) is 11.3 Å². The summed E-state index contributed by atoms with van der Waals surface area (Å²) in [7, 11) is 0. The molecule has 0 saturated carbocycles. The molecule has 84 valence electrons. The van der Waals surface area contributed by atoms with Crippen molar-refractivity contribution in [3.8, 4) is 0 Å². The normalized spacial score (nSPS) is 10.3. The van der Waals surface area contributed by atoms with Crippen molar-refractivity contribution in [2.24, 2.45) is 0 Å². The van der Waals surface area contributed by atoms with E-state index in [1.54, 1.807) is 11.3 Å². The van der Waals surface area contributed by atoms with Crippen molar-refractivity contribution >= 4 is 17.2 Å². The molecule has 0 aromatic carbocycles. The number of nitrogens with one attached hydrogen (secondary N) is 1. The van der Waals surface area contributed by atoms with Gasteiger partial charge in [-0.2, -0.15) is 0 Å². The molecule has 0 fully saturated rings. The number of aryl methyl sites for hydroxylation is 1. The predicted molar refractivity (Wildman–Crippen MR) is 59.6 cm³/mol. The van der Waals surface area contributed by atoms with Crippen LogP contribution in [0.25, 0.3) is 0 Å². The fourth-order valence-electron chi connectivity index (χ4n) is 1.16. The number of aliphatic hydroxyl groups excluding tert-OH is 1. The third-order valence-corrected chi connectivity index (χ3v) is 2.77. The molecule has 1 amide bonds. The first kappa shape index (κ1) is 12.1. The molecule has 1 rings (SSSR count). The van der Waals surface area contributed by atoms with Gasteiger partial charge in [-0.3, -0.25) is 4.79 Å². The lowest BCUT2D eigenvalue weighted by Gasteiger charge is -2.02. The minimum Gasteiger partial charge on any atom is -0.396 e. The summed E-state index contributed by atoms with van der Waals surface area (Å²) >= 11 is 1.58. The van der Waals surface area contributed by atoms with Gasteiger partial charge in [0, 0.05) is 18.4 Å². The van der Waals surface area contributed by atoms with Gasteiger partial charge in [0.25, 0.3) is 0 Å². The smallest absolute Gasteiger partial charge is 0.220 e. The Hall–Kier alpha value is -0.940. The van der Waals surface area contributed by atoms with Crippen LogP contribution in [0, 0.1) is 6.92 Å². The molecule has 5 heteroatoms. The van der Waals surface area contributed by atoms with E-state index in [2.05, 4.69) is 10.3 Å². The van der Waals surface area contributed by atoms with E-state index in [9.17, 15) is 4.79 Å². The van der Waals surface area contributed by atoms with Crippen LogP contribution in [0.5, 0.6) is 0 Å². The number of unbranched alkanes of at least 4 members (excludes halogenated alkanes) is 1. The quantitative estimate of drug-likeness (QED) is 0.720. The highest BCUT2D eigenvalue weighted by molar-refractivity contribution is 7.09. The molecule has 4 nitrogen and oxygen atoms in total. The van der Waals surface area contributed by atoms with Gasteiger partial charge < -0.3 is 10.4 Å². The second kappa shape index (κ2) is 6.53. The summed E-state index contributed by atoms with van der Waals surface area (Å²) in [5.41, 5.74) is 0.910. The van der Waals surface area contributed by atoms with E-state index < -0.39 is 0 Å². The molecule has 1 aromatic rings. The SMILES string of the molecule is Cc1nc(CNC(=O)CCCCO)cs1. The van der Waals surface area contributed by atoms with Crippen molar-refractivity contribution in [3.63, 3.8) is 0 Å². The maximum absolute atomic E-state index is 11.3. The van der Waals surface area contributed by atoms with Gasteiger partial charge in [-0.1, -0.05) is 0 Å². The molecular formula is C10H16N2O2S. The van der Waals surface area contributed by atoms with E-state index in [1.165, 1.54) is 0 Å². The second-order valence-corrected chi connectivity index (χ2v) is 4.38. The summed E-state index contributed by atoms with van der Waals surface area (Å²) in [4.78, 5) is 15.5. The molecule has 0 radical (unpaired) electrons. The minimum absolute atomic E-state index is 0.0223. The molecule has 0 spiro atoms. The van der Waals surface area contributed by atoms with Crippen LogP contribution < -0.4 is 5.32 Å². The van der Waals surface area contributed by atoms with Crippen LogP contribution in [0.1, 0.15) is 30.0 Å². The third-order valence-electron chi connectivity index (χ3n) is 1.95. The van der Waals surface area contributed by atoms with Gasteiger partial charge in [-0.25, -0.2) is 4.98 Å². The van der Waals surface area contributed by atoms with Crippen LogP contribution in [-0.2, 0) is 11.3 Å². The molecule has 15 heavy (non-hydrogen) atoms. The van der Waals surface area contributed by atoms with E-state index >= 15 is 0 Å². The molecule has 1 heterocycles. The second-order valence-electron chi connectivity index (χ2n) is 3.32. The van der Waals surface area contributed by atoms with E-state index in [0.29, 0.717) is 19.4 Å². The maximum Gasteiger partial charge on any atom is 0.220 e. The van der Waals surface area contributed by atoms with Crippen LogP contribution in [0.15, 0.2) is 5.38 Å². The number of aromatic nitrogens is 1. The Morgan fingerprint density at radius 1 is 1.60 bits per heavy atom. The largest absolute Gasteiger partial charge is 0.396 e. The van der Waals surface area contributed by atoms with Gasteiger partial charge in [0.15, 0.2) is 0 Å². The minimum atomic E-state index is 0.0223. The van der Waals surface area contributed by atoms with Crippen molar-refractivity contribution in [2.45, 2.75) is 32.7 Å². The Morgan fingerprint density at radius 2 is 2.40 bits per heavy atom. The first-order chi connectivity index (χ1) is 7.22. The standard InChI is InChI=1S/C10H16N2O2S/c1-8-12-9(7-15-8)6-11-10(14)4-2-3-5-13/h7,13H,2-6H2,1H3,(H,11,14). The molecule has 0 saturated heterocycles. The first-order valence-corrected chi connectivity index (χ1v) is 5.89. The molecule has 0 aliphatic heterocycles. The molecule has 0 unspecified atom stereocenters. The van der Waals surface area contributed by atoms with E-state index in [-0.39, 0.29) is 12.5 Å². The molecular weight excluding hydrogens is 212 g/mol. The van der Waals surface area contributed by atoms with Crippen molar-refractivity contribution in [2.75, 3.05) is 6.61 Å². The zero-order chi connectivity index (χ0) is 11.1. The molecule has 0 aliphatic rings. The zero-order valence-corrected chi connectivity index (χ0v) is 9.64. The Kier molecular flexibility index (Phi) is 5.28. The number of rotatable bonds is 6. The van der Waals surface area contributed by atoms with Gasteiger partial charge in [0.2, 0.25) is 5.91 Å². The highest BCUT2D eigenvalue weighted by atomic mass is 32.1. The number of amides is 1. The summed E-state index contributed by atoms with van der Waals surface area (Å²) in [6.07, 6.45) is 1.89. The van der Waals surface area contributed by atoms with Gasteiger partial charge >= 0.3 is 0 Å². The Balaban J connectivity index is 2.16. The van der Waals surface area contributed by atoms with Crippen LogP contribution in [0.3, 0.4) is 0 Å². The Morgan fingerprint density at radius 3 is 3.00 bits per heavy atom. The topological polar surface area (TPSA) is 62.2 Å². The van der Waals surface area contributed by atoms with Crippen molar-refractivity contribution in [1.29, 1.82) is 0 Å². The predicted octanol–water partition coefficient (Wildman–Crippen LogP) is 1.23. The van der Waals surface area contributed by atoms with E-state index in [0.717, 1.165) is 17.1 Å². The van der Waals surface area contributed by atoms with Crippen molar-refractivity contribution in [1.82, 2.24) is 10.3 Å². The molecule has 1 aromatic heterocycles. The lowest BCUT2D eigenvalue weighted by molar-refractivity contribution is -0.121. The Labute approximate surface area is 93.4 Å². The molecule has 0 bridgehead atoms. The Bertz CT molecular complexity index is 312. The van der Waals surface area contributed by atoms with Crippen molar-refractivity contribution in [3.05, 3.63) is 16.1 Å². The fraction of sp³-hybridized carbons (Fsp3) is 0.600. The summed E-state index contributed by atoms with van der Waals surface area (Å²) in [5, 5.41) is 14.3. The molecule has 0 aliphatic carbocycles. The first-order valence-electron chi connectivity index (χ1n) is 5.01. The highest BCUT2D eigenvalue weighted by Gasteiger charge is 2.02. The van der Waals surface area contributed by atoms with E-state index in [4.69, 9.17) is 5.11 Å². The number of carbonyl (C=O) groups is 1. The number of thiazole rings is 1. The van der Waals surface area contributed by atoms with Gasteiger partial charge in [0.05, 0.1) is 17.2 Å². The number of aliphatic hydroxyl groups is 1. The average molecular weight is 228 g/mol. The summed E-state index contributed by atoms with van der Waals surface area (Å²) in [6.45, 7) is 2.60. The number of hydrogen-bond acceptors (Lipinski definition) is 4. The lowest BCUT2D eigenvalue weighted by Crippen LogP contribution is -2.22. The number of nitrogens with zero attached hydrogens (tertiary/aromatic N) is 1. The highest BCUT2D eigenvalue weighted by Crippen LogP contribution is 2.07. The van der Waals surface area contributed by atoms with Crippen LogP contribution in [0.4, 0.5) is 0 Å². The van der Waals surface area contributed by atoms with Gasteiger partial charge in [0.1, 0.15) is 0 Å². The van der Waals surface area contributed by atoms with Crippen LogP contribution in [0.2, 0.25) is 0 Å². The molecule has 2 N–H and O–H groups in total. The summed E-state index contributed by atoms with van der Waals surface area (Å²) < 4.78 is 0. The molecule has 0 atom stereocenters. The summed E-state index contributed by atoms with van der Waals surface area (Å²) in [5.74, 6) is 0.0223. The van der Waals surface area contributed by atoms with Gasteiger partial charge in [-0.05, 0) is 19.8 Å². The fourth-order valence-corrected chi connectivity index (χ4v) is 1.78. The number of hydrogen-bond donors (Lipinski definition) is 2. The third kappa shape index (κ3) is 4.90. The van der Waals surface area contributed by atoms with Crippen molar-refractivity contribution < 1.29 is 9.90 Å². The summed E-state index contributed by atoms with van der Waals surface area (Å²) in [6, 6.07) is 0. The zero-order valence-electron chi connectivity index (χ0n) is 8.82. The van der Waals surface area contributed by atoms with Crippen LogP contribution in [-0.4, -0.2) is 22.6 Å². The van der Waals surface area contributed by atoms with E-state index in [1.807, 2.05) is 12.3 Å². The maximum atomic E-state index is 11.3. The number of carbonyl (C=O) groups excluding carboxylic acids is 1. The van der Waals surface area contributed by atoms with Crippen LogP contribution >= 0.6 is 11.3 Å².